The molecule has 0 radical (unpaired) electrons. The lowest BCUT2D eigenvalue weighted by molar-refractivity contribution is -0.131. The van der Waals surface area contributed by atoms with Crippen LogP contribution in [0, 0.1) is 11.7 Å². The molecule has 2 aliphatic carbocycles. The zero-order chi connectivity index (χ0) is 42.2. The fourth-order valence-corrected chi connectivity index (χ4v) is 8.03. The van der Waals surface area contributed by atoms with Crippen molar-refractivity contribution in [1.29, 1.82) is 0 Å². The molecule has 1 aromatic heterocycles. The topological polar surface area (TPSA) is 133 Å². The average molecular weight is 825 g/mol. The number of thioether (sulfide) groups is 1. The van der Waals surface area contributed by atoms with Gasteiger partial charge in [-0.1, -0.05) is 24.3 Å². The number of likely N-dealkylation sites (N-methyl/N-ethyl adjacent to an activating group) is 1. The maximum absolute atomic E-state index is 15.8. The number of nitrogens with one attached hydrogen (secondary N) is 2. The number of pyridine rings is 1. The number of nitrogens with zero attached hydrogens (tertiary/aromatic N) is 4. The molecule has 2 heterocycles. The van der Waals surface area contributed by atoms with Crippen molar-refractivity contribution in [2.45, 2.75) is 108 Å². The van der Waals surface area contributed by atoms with Crippen LogP contribution in [0.2, 0.25) is 0 Å². The second-order valence-corrected chi connectivity index (χ2v) is 19.1. The Morgan fingerprint density at radius 1 is 0.932 bits per heavy atom. The zero-order valence-corrected chi connectivity index (χ0v) is 35.6. The number of aromatic nitrogens is 1. The molecule has 7 rings (SSSR count). The van der Waals surface area contributed by atoms with Crippen LogP contribution in [0.3, 0.4) is 0 Å². The Morgan fingerprint density at radius 2 is 1.64 bits per heavy atom. The van der Waals surface area contributed by atoms with Crippen molar-refractivity contribution in [2.24, 2.45) is 5.92 Å². The number of carbonyl (C=O) groups is 4. The molecule has 3 aliphatic rings. The van der Waals surface area contributed by atoms with Gasteiger partial charge in [0, 0.05) is 59.0 Å². The summed E-state index contributed by atoms with van der Waals surface area (Å²) in [5.41, 5.74) is 1.77. The molecule has 1 aliphatic heterocycles. The van der Waals surface area contributed by atoms with Gasteiger partial charge in [0.2, 0.25) is 5.91 Å². The number of carbonyl (C=O) groups excluding carboxylic acids is 4. The fourth-order valence-electron chi connectivity index (χ4n) is 6.88. The first-order valence-corrected chi connectivity index (χ1v) is 21.1. The lowest BCUT2D eigenvalue weighted by atomic mass is 10.00. The molecule has 2 fully saturated rings. The summed E-state index contributed by atoms with van der Waals surface area (Å²) in [6.45, 7) is 11.5. The van der Waals surface area contributed by atoms with Gasteiger partial charge in [-0.3, -0.25) is 4.79 Å². The van der Waals surface area contributed by atoms with Crippen molar-refractivity contribution in [3.63, 3.8) is 0 Å². The normalized spacial score (nSPS) is 17.8. The molecule has 4 aromatic rings. The van der Waals surface area contributed by atoms with Gasteiger partial charge in [-0.05, 0) is 133 Å². The van der Waals surface area contributed by atoms with Crippen molar-refractivity contribution in [3.8, 4) is 0 Å². The van der Waals surface area contributed by atoms with Gasteiger partial charge in [0.25, 0.3) is 0 Å². The molecule has 1 atom stereocenters. The molecule has 59 heavy (non-hydrogen) atoms. The lowest BCUT2D eigenvalue weighted by Gasteiger charge is -2.29. The number of imide groups is 1. The quantitative estimate of drug-likeness (QED) is 0.187. The molecule has 0 spiro atoms. The second-order valence-electron chi connectivity index (χ2n) is 17.7. The van der Waals surface area contributed by atoms with E-state index in [0.29, 0.717) is 52.5 Å². The smallest absolute Gasteiger partial charge is 0.425 e. The number of hydrogen-bond donors (Lipinski definition) is 2. The highest BCUT2D eigenvalue weighted by molar-refractivity contribution is 8.00. The van der Waals surface area contributed by atoms with Crippen LogP contribution in [-0.4, -0.2) is 75.5 Å². The molecule has 14 heteroatoms. The van der Waals surface area contributed by atoms with E-state index in [1.165, 1.54) is 6.07 Å². The van der Waals surface area contributed by atoms with E-state index in [0.717, 1.165) is 47.9 Å². The molecule has 2 N–H and O–H groups in total. The van der Waals surface area contributed by atoms with Crippen molar-refractivity contribution < 1.29 is 33.0 Å². The largest absolute Gasteiger partial charge is 0.443 e. The van der Waals surface area contributed by atoms with E-state index in [4.69, 9.17) is 9.47 Å². The number of fused-ring (bicyclic) bond motifs is 5. The van der Waals surface area contributed by atoms with Crippen LogP contribution < -0.4 is 15.5 Å². The first-order valence-electron chi connectivity index (χ1n) is 20.2. The third-order valence-corrected chi connectivity index (χ3v) is 11.5. The highest BCUT2D eigenvalue weighted by Crippen LogP contribution is 2.42. The number of ether oxygens (including phenoxy) is 2. The number of amides is 5. The molecule has 4 bridgehead atoms. The first kappa shape index (κ1) is 41.8. The van der Waals surface area contributed by atoms with Crippen LogP contribution in [0.25, 0.3) is 10.8 Å². The van der Waals surface area contributed by atoms with Crippen LogP contribution in [0.4, 0.5) is 36.0 Å². The predicted molar refractivity (Wildman–Crippen MR) is 228 cm³/mol. The van der Waals surface area contributed by atoms with Gasteiger partial charge in [0.15, 0.2) is 5.82 Å². The summed E-state index contributed by atoms with van der Waals surface area (Å²) in [7, 11) is 1.76. The number of urea groups is 1. The number of hydrogen-bond acceptors (Lipinski definition) is 9. The van der Waals surface area contributed by atoms with E-state index in [2.05, 4.69) is 15.6 Å². The highest BCUT2D eigenvalue weighted by Gasteiger charge is 2.36. The van der Waals surface area contributed by atoms with E-state index in [-0.39, 0.29) is 35.1 Å². The van der Waals surface area contributed by atoms with Gasteiger partial charge >= 0.3 is 18.2 Å². The van der Waals surface area contributed by atoms with Crippen LogP contribution in [0.1, 0.15) is 90.0 Å². The molecule has 12 nitrogen and oxygen atoms in total. The van der Waals surface area contributed by atoms with Crippen molar-refractivity contribution in [3.05, 3.63) is 89.4 Å². The van der Waals surface area contributed by atoms with Gasteiger partial charge < -0.3 is 29.9 Å². The van der Waals surface area contributed by atoms with E-state index in [1.807, 2.05) is 47.4 Å². The summed E-state index contributed by atoms with van der Waals surface area (Å²) in [6, 6.07) is 17.4. The Morgan fingerprint density at radius 3 is 2.31 bits per heavy atom. The number of benzene rings is 3. The average Bonchev–Trinajstić information content (AvgIpc) is 4.10. The molecular formula is C45H53FN6O6S. The maximum atomic E-state index is 15.8. The number of rotatable bonds is 7. The zero-order valence-electron chi connectivity index (χ0n) is 34.8. The minimum Gasteiger partial charge on any atom is -0.443 e. The van der Waals surface area contributed by atoms with Crippen LogP contribution in [0.5, 0.6) is 0 Å². The highest BCUT2D eigenvalue weighted by atomic mass is 32.2. The summed E-state index contributed by atoms with van der Waals surface area (Å²) < 4.78 is 26.9. The maximum Gasteiger partial charge on any atom is 0.425 e. The summed E-state index contributed by atoms with van der Waals surface area (Å²) in [6.07, 6.45) is 3.96. The van der Waals surface area contributed by atoms with Gasteiger partial charge in [-0.15, -0.1) is 11.8 Å². The lowest BCUT2D eigenvalue weighted by Crippen LogP contribution is -2.44. The summed E-state index contributed by atoms with van der Waals surface area (Å²) in [5.74, 6) is -0.591. The molecule has 5 amide bonds. The Balaban J connectivity index is 1.26. The van der Waals surface area contributed by atoms with Gasteiger partial charge in [0.05, 0.1) is 6.20 Å². The van der Waals surface area contributed by atoms with E-state index in [1.54, 1.807) is 77.4 Å². The Labute approximate surface area is 349 Å². The first-order chi connectivity index (χ1) is 27.9. The van der Waals surface area contributed by atoms with Crippen LogP contribution in [-0.2, 0) is 27.2 Å². The van der Waals surface area contributed by atoms with Gasteiger partial charge in [0.1, 0.15) is 23.1 Å². The summed E-state index contributed by atoms with van der Waals surface area (Å²) in [5, 5.41) is 7.26. The third-order valence-electron chi connectivity index (χ3n) is 10.1. The third kappa shape index (κ3) is 10.6. The molecule has 2 saturated carbocycles. The molecular weight excluding hydrogens is 772 g/mol. The van der Waals surface area contributed by atoms with E-state index < -0.39 is 35.2 Å². The van der Waals surface area contributed by atoms with E-state index in [9.17, 15) is 19.2 Å². The number of halogens is 1. The molecule has 3 aromatic carbocycles. The minimum absolute atomic E-state index is 0.0512. The molecule has 312 valence electrons. The molecule has 1 unspecified atom stereocenters. The Hall–Kier alpha value is -5.37. The summed E-state index contributed by atoms with van der Waals surface area (Å²) >= 11 is 1.80. The Bertz CT molecular complexity index is 2240. The van der Waals surface area contributed by atoms with Crippen molar-refractivity contribution in [2.75, 3.05) is 35.7 Å². The van der Waals surface area contributed by atoms with Crippen LogP contribution in [0.15, 0.2) is 71.8 Å². The van der Waals surface area contributed by atoms with E-state index >= 15 is 4.39 Å². The second kappa shape index (κ2) is 16.7. The van der Waals surface area contributed by atoms with Crippen LogP contribution >= 0.6 is 11.8 Å². The Kier molecular flexibility index (Phi) is 11.8. The number of anilines is 3. The van der Waals surface area contributed by atoms with Crippen molar-refractivity contribution in [1.82, 2.24) is 14.8 Å². The van der Waals surface area contributed by atoms with Gasteiger partial charge in [-0.25, -0.2) is 23.8 Å². The monoisotopic (exact) mass is 824 g/mol. The molecule has 0 saturated heterocycles. The van der Waals surface area contributed by atoms with Crippen molar-refractivity contribution >= 4 is 63.9 Å². The van der Waals surface area contributed by atoms with Gasteiger partial charge in [-0.2, -0.15) is 4.90 Å². The predicted octanol–water partition coefficient (Wildman–Crippen LogP) is 9.92. The minimum atomic E-state index is -1.03. The summed E-state index contributed by atoms with van der Waals surface area (Å²) in [4.78, 5) is 64.9. The standard InChI is InChI=1S/C45H53FN6O6S/c1-44(2,3)57-42(55)52(43(56)58-45(4,5)6)39-34-17-13-32(23-35(34)36(46)24-47-39)48-38-29-10-8-9-27(21-29)19-20-51(25-28-11-12-28)41(54)49-31-14-18-37(59-33-15-16-33)30(22-31)26-50(7)40(38)53/h8-10,13-14,17-18,21-24,28,33,38,48H,11-12,15-16,19-20,25-26H2,1-7H3,(H,49,54). The fraction of sp³-hybridized carbons (Fsp3) is 0.444. The SMILES string of the molecule is CN1Cc2cc(ccc2SC2CC2)NC(=O)N(CC2CC2)CCc2cccc(c2)C(Nc2ccc3c(N(C(=O)OC(C)(C)C)C(=O)OC(C)(C)C)ncc(F)c3c2)C1=O.